The van der Waals surface area contributed by atoms with Crippen molar-refractivity contribution in [2.45, 2.75) is 30.4 Å². The van der Waals surface area contributed by atoms with Crippen LogP contribution in [0, 0.1) is 5.92 Å². The van der Waals surface area contributed by atoms with Crippen molar-refractivity contribution in [3.63, 3.8) is 0 Å². The van der Waals surface area contributed by atoms with Gasteiger partial charge in [0.15, 0.2) is 5.96 Å². The monoisotopic (exact) mass is 435 g/mol. The van der Waals surface area contributed by atoms with Crippen molar-refractivity contribution in [1.29, 1.82) is 0 Å². The average Bonchev–Trinajstić information content (AvgIpc) is 3.09. The minimum Gasteiger partial charge on any atom is -0.356 e. The van der Waals surface area contributed by atoms with E-state index in [4.69, 9.17) is 11.6 Å². The number of likely N-dealkylation sites (tertiary alicyclic amines) is 1. The fourth-order valence-corrected chi connectivity index (χ4v) is 5.45. The van der Waals surface area contributed by atoms with Gasteiger partial charge in [-0.15, -0.1) is 11.3 Å². The first-order valence-electron chi connectivity index (χ1n) is 9.32. The van der Waals surface area contributed by atoms with Crippen LogP contribution < -0.4 is 15.4 Å². The summed E-state index contributed by atoms with van der Waals surface area (Å²) in [6, 6.07) is 3.08. The van der Waals surface area contributed by atoms with Gasteiger partial charge in [-0.2, -0.15) is 0 Å². The number of hydrogen-bond donors (Lipinski definition) is 3. The van der Waals surface area contributed by atoms with E-state index in [0.717, 1.165) is 36.8 Å². The predicted molar refractivity (Wildman–Crippen MR) is 113 cm³/mol. The Labute approximate surface area is 171 Å². The Bertz CT molecular complexity index is 700. The molecule has 154 valence electrons. The topological polar surface area (TPSA) is 85.8 Å². The molecule has 0 atom stereocenters. The molecular formula is C17H30ClN5O2S2. The summed E-state index contributed by atoms with van der Waals surface area (Å²) in [7, 11) is -1.80. The molecule has 2 rings (SSSR count). The maximum atomic E-state index is 12.1. The summed E-state index contributed by atoms with van der Waals surface area (Å²) in [5, 5.41) is 6.39. The standard InChI is InChI=1S/C17H30ClN5O2S2/c1-14-6-12-23(13-7-14)11-3-8-20-17(19-2)21-9-10-22-27(24,25)16-5-4-15(18)26-16/h4-5,14,22H,3,6-13H2,1-2H3,(H2,19,20,21). The molecule has 1 aliphatic heterocycles. The Hall–Kier alpha value is -0.870. The average molecular weight is 436 g/mol. The third-order valence-electron chi connectivity index (χ3n) is 4.57. The molecule has 1 aliphatic rings. The van der Waals surface area contributed by atoms with Crippen molar-refractivity contribution in [2.75, 3.05) is 46.3 Å². The van der Waals surface area contributed by atoms with Crippen molar-refractivity contribution in [3.05, 3.63) is 16.5 Å². The molecule has 0 aromatic carbocycles. The van der Waals surface area contributed by atoms with Crippen LogP contribution in [0.4, 0.5) is 0 Å². The highest BCUT2D eigenvalue weighted by atomic mass is 35.5. The van der Waals surface area contributed by atoms with Gasteiger partial charge in [0.05, 0.1) is 4.34 Å². The summed E-state index contributed by atoms with van der Waals surface area (Å²) in [6.45, 7) is 7.37. The molecule has 1 aromatic heterocycles. The van der Waals surface area contributed by atoms with Crippen LogP contribution in [0.3, 0.4) is 0 Å². The molecule has 0 unspecified atom stereocenters. The van der Waals surface area contributed by atoms with E-state index in [2.05, 4.69) is 32.2 Å². The number of thiophene rings is 1. The highest BCUT2D eigenvalue weighted by molar-refractivity contribution is 7.91. The quantitative estimate of drug-likeness (QED) is 0.313. The van der Waals surface area contributed by atoms with Crippen LogP contribution in [0.2, 0.25) is 4.34 Å². The summed E-state index contributed by atoms with van der Waals surface area (Å²) >= 11 is 6.83. The van der Waals surface area contributed by atoms with Crippen molar-refractivity contribution < 1.29 is 8.42 Å². The van der Waals surface area contributed by atoms with Crippen LogP contribution >= 0.6 is 22.9 Å². The van der Waals surface area contributed by atoms with E-state index in [0.29, 0.717) is 16.8 Å². The van der Waals surface area contributed by atoms with E-state index in [1.807, 2.05) is 0 Å². The van der Waals surface area contributed by atoms with E-state index < -0.39 is 10.0 Å². The van der Waals surface area contributed by atoms with Gasteiger partial charge < -0.3 is 15.5 Å². The second-order valence-electron chi connectivity index (χ2n) is 6.76. The molecule has 0 saturated carbocycles. The first kappa shape index (κ1) is 22.4. The molecule has 0 aliphatic carbocycles. The van der Waals surface area contributed by atoms with Crippen LogP contribution in [-0.2, 0) is 10.0 Å². The summed E-state index contributed by atoms with van der Waals surface area (Å²) in [5.41, 5.74) is 0. The smallest absolute Gasteiger partial charge is 0.250 e. The van der Waals surface area contributed by atoms with Gasteiger partial charge in [0.25, 0.3) is 0 Å². The zero-order valence-corrected chi connectivity index (χ0v) is 18.4. The lowest BCUT2D eigenvalue weighted by molar-refractivity contribution is 0.191. The number of nitrogens with zero attached hydrogens (tertiary/aromatic N) is 2. The third-order valence-corrected chi connectivity index (χ3v) is 7.75. The summed E-state index contributed by atoms with van der Waals surface area (Å²) in [5.74, 6) is 1.54. The van der Waals surface area contributed by atoms with E-state index in [-0.39, 0.29) is 10.8 Å². The number of aliphatic imine (C=N–C) groups is 1. The molecule has 10 heteroatoms. The molecule has 7 nitrogen and oxygen atoms in total. The van der Waals surface area contributed by atoms with Gasteiger partial charge in [-0.25, -0.2) is 13.1 Å². The Kier molecular flexibility index (Phi) is 9.31. The number of nitrogens with one attached hydrogen (secondary N) is 3. The van der Waals surface area contributed by atoms with Crippen LogP contribution in [0.5, 0.6) is 0 Å². The second-order valence-corrected chi connectivity index (χ2v) is 10.5. The number of rotatable bonds is 9. The van der Waals surface area contributed by atoms with Crippen molar-refractivity contribution in [3.8, 4) is 0 Å². The highest BCUT2D eigenvalue weighted by Crippen LogP contribution is 2.25. The number of piperidine rings is 1. The molecule has 1 fully saturated rings. The van der Waals surface area contributed by atoms with Gasteiger partial charge in [-0.05, 0) is 56.9 Å². The van der Waals surface area contributed by atoms with E-state index in [9.17, 15) is 8.42 Å². The Balaban J connectivity index is 1.59. The van der Waals surface area contributed by atoms with Gasteiger partial charge in [-0.3, -0.25) is 4.99 Å². The van der Waals surface area contributed by atoms with Crippen LogP contribution in [0.15, 0.2) is 21.3 Å². The zero-order chi connectivity index (χ0) is 19.7. The molecule has 0 bridgehead atoms. The molecule has 27 heavy (non-hydrogen) atoms. The summed E-state index contributed by atoms with van der Waals surface area (Å²) < 4.78 is 27.4. The molecule has 0 spiro atoms. The van der Waals surface area contributed by atoms with Crippen LogP contribution in [-0.4, -0.2) is 65.6 Å². The summed E-state index contributed by atoms with van der Waals surface area (Å²) in [4.78, 5) is 6.68. The largest absolute Gasteiger partial charge is 0.356 e. The normalized spacial score (nSPS) is 17.2. The lowest BCUT2D eigenvalue weighted by atomic mass is 9.99. The molecule has 2 heterocycles. The van der Waals surface area contributed by atoms with Gasteiger partial charge >= 0.3 is 0 Å². The number of hydrogen-bond acceptors (Lipinski definition) is 5. The first-order chi connectivity index (χ1) is 12.9. The minimum atomic E-state index is -3.50. The van der Waals surface area contributed by atoms with Crippen molar-refractivity contribution in [1.82, 2.24) is 20.3 Å². The van der Waals surface area contributed by atoms with Crippen LogP contribution in [0.1, 0.15) is 26.2 Å². The lowest BCUT2D eigenvalue weighted by Crippen LogP contribution is -2.42. The molecule has 0 radical (unpaired) electrons. The summed E-state index contributed by atoms with van der Waals surface area (Å²) in [6.07, 6.45) is 3.65. The van der Waals surface area contributed by atoms with E-state index >= 15 is 0 Å². The van der Waals surface area contributed by atoms with Gasteiger partial charge in [0, 0.05) is 26.7 Å². The second kappa shape index (κ2) is 11.2. The molecule has 1 saturated heterocycles. The minimum absolute atomic E-state index is 0.224. The predicted octanol–water partition coefficient (Wildman–Crippen LogP) is 1.97. The lowest BCUT2D eigenvalue weighted by Gasteiger charge is -2.30. The van der Waals surface area contributed by atoms with Crippen LogP contribution in [0.25, 0.3) is 0 Å². The van der Waals surface area contributed by atoms with E-state index in [1.54, 1.807) is 13.1 Å². The molecule has 0 amide bonds. The fourth-order valence-electron chi connectivity index (χ4n) is 2.90. The Morgan fingerprint density at radius 1 is 1.26 bits per heavy atom. The number of sulfonamides is 1. The molecule has 1 aromatic rings. The zero-order valence-electron chi connectivity index (χ0n) is 16.0. The van der Waals surface area contributed by atoms with Crippen molar-refractivity contribution >= 4 is 38.9 Å². The first-order valence-corrected chi connectivity index (χ1v) is 12.0. The Morgan fingerprint density at radius 2 is 1.96 bits per heavy atom. The van der Waals surface area contributed by atoms with Gasteiger partial charge in [0.2, 0.25) is 10.0 Å². The van der Waals surface area contributed by atoms with E-state index in [1.165, 1.54) is 32.0 Å². The van der Waals surface area contributed by atoms with Gasteiger partial charge in [0.1, 0.15) is 4.21 Å². The fraction of sp³-hybridized carbons (Fsp3) is 0.706. The maximum absolute atomic E-state index is 12.1. The molecule has 3 N–H and O–H groups in total. The maximum Gasteiger partial charge on any atom is 0.250 e. The van der Waals surface area contributed by atoms with Crippen molar-refractivity contribution in [2.24, 2.45) is 10.9 Å². The highest BCUT2D eigenvalue weighted by Gasteiger charge is 2.16. The number of guanidine groups is 1. The third kappa shape index (κ3) is 7.95. The molecular weight excluding hydrogens is 406 g/mol. The van der Waals surface area contributed by atoms with Gasteiger partial charge in [-0.1, -0.05) is 18.5 Å². The Morgan fingerprint density at radius 3 is 2.59 bits per heavy atom. The SMILES string of the molecule is CN=C(NCCCN1CCC(C)CC1)NCCNS(=O)(=O)c1ccc(Cl)s1. The number of halogens is 1.